The summed E-state index contributed by atoms with van der Waals surface area (Å²) in [5.41, 5.74) is 6.43. The summed E-state index contributed by atoms with van der Waals surface area (Å²) in [4.78, 5) is 1.60. The lowest BCUT2D eigenvalue weighted by molar-refractivity contribution is 1.33. The molecule has 2 N–H and O–H groups in total. The minimum absolute atomic E-state index is 0.673. The Balaban J connectivity index is 2.94. The molecule has 1 nitrogen and oxygen atoms in total. The Bertz CT molecular complexity index is 466. The summed E-state index contributed by atoms with van der Waals surface area (Å²) in [6.45, 7) is 0. The maximum atomic E-state index is 5.76. The number of nitrogen functional groups attached to an aromatic ring is 1. The molecule has 2 aromatic rings. The number of benzene rings is 2. The third kappa shape index (κ3) is 1.38. The summed E-state index contributed by atoms with van der Waals surface area (Å²) in [6.07, 6.45) is 0. The maximum Gasteiger partial charge on any atom is 0.0467 e. The number of hydrogen-bond donors (Lipinski definition) is 3. The standard InChI is InChI=1S/C10H9NS2/c11-8-5-6-3-1-2-4-7(6)9(12)10(8)13/h1-5,12-13H,11H2. The van der Waals surface area contributed by atoms with Crippen LogP contribution in [0.1, 0.15) is 0 Å². The number of hydrogen-bond acceptors (Lipinski definition) is 3. The highest BCUT2D eigenvalue weighted by Gasteiger charge is 2.04. The first kappa shape index (κ1) is 8.78. The van der Waals surface area contributed by atoms with E-state index in [1.807, 2.05) is 30.3 Å². The molecule has 0 aliphatic carbocycles. The lowest BCUT2D eigenvalue weighted by Gasteiger charge is -2.06. The van der Waals surface area contributed by atoms with Gasteiger partial charge in [-0.1, -0.05) is 24.3 Å². The van der Waals surface area contributed by atoms with E-state index in [9.17, 15) is 0 Å². The van der Waals surface area contributed by atoms with Crippen LogP contribution in [0.3, 0.4) is 0 Å². The van der Waals surface area contributed by atoms with Crippen LogP contribution >= 0.6 is 25.3 Å². The fourth-order valence-electron chi connectivity index (χ4n) is 1.34. The molecule has 0 fully saturated rings. The Morgan fingerprint density at radius 3 is 2.46 bits per heavy atom. The van der Waals surface area contributed by atoms with Crippen molar-refractivity contribution in [2.45, 2.75) is 9.79 Å². The zero-order valence-corrected chi connectivity index (χ0v) is 8.65. The van der Waals surface area contributed by atoms with Crippen LogP contribution in [0.4, 0.5) is 5.69 Å². The molecule has 66 valence electrons. The summed E-state index contributed by atoms with van der Waals surface area (Å²) < 4.78 is 0. The Morgan fingerprint density at radius 2 is 1.69 bits per heavy atom. The Kier molecular flexibility index (Phi) is 2.14. The molecular formula is C10H9NS2. The van der Waals surface area contributed by atoms with E-state index in [1.165, 1.54) is 0 Å². The van der Waals surface area contributed by atoms with Crippen LogP contribution in [0, 0.1) is 0 Å². The Labute approximate surface area is 87.8 Å². The van der Waals surface area contributed by atoms with Gasteiger partial charge in [0.15, 0.2) is 0 Å². The van der Waals surface area contributed by atoms with Gasteiger partial charge in [-0.25, -0.2) is 0 Å². The summed E-state index contributed by atoms with van der Waals surface area (Å²) in [5.74, 6) is 0. The van der Waals surface area contributed by atoms with Crippen LogP contribution < -0.4 is 5.73 Å². The van der Waals surface area contributed by atoms with Gasteiger partial charge in [-0.2, -0.15) is 0 Å². The molecular weight excluding hydrogens is 198 g/mol. The molecule has 0 spiro atoms. The normalized spacial score (nSPS) is 10.6. The molecule has 2 aromatic carbocycles. The second-order valence-electron chi connectivity index (χ2n) is 2.88. The third-order valence-electron chi connectivity index (χ3n) is 2.02. The predicted molar refractivity (Wildman–Crippen MR) is 62.9 cm³/mol. The van der Waals surface area contributed by atoms with Crippen molar-refractivity contribution in [1.29, 1.82) is 0 Å². The summed E-state index contributed by atoms with van der Waals surface area (Å²) in [6, 6.07) is 9.89. The van der Waals surface area contributed by atoms with Crippen molar-refractivity contribution >= 4 is 41.7 Å². The average molecular weight is 207 g/mol. The van der Waals surface area contributed by atoms with E-state index in [1.54, 1.807) is 0 Å². The number of rotatable bonds is 0. The van der Waals surface area contributed by atoms with Crippen LogP contribution in [0.25, 0.3) is 10.8 Å². The van der Waals surface area contributed by atoms with Gasteiger partial charge in [-0.15, -0.1) is 25.3 Å². The summed E-state index contributed by atoms with van der Waals surface area (Å²) in [7, 11) is 0. The van der Waals surface area contributed by atoms with E-state index in [0.717, 1.165) is 20.6 Å². The topological polar surface area (TPSA) is 26.0 Å². The van der Waals surface area contributed by atoms with Crippen LogP contribution in [0.15, 0.2) is 40.1 Å². The van der Waals surface area contributed by atoms with Gasteiger partial charge in [0.05, 0.1) is 0 Å². The number of thiol groups is 2. The van der Waals surface area contributed by atoms with E-state index in [2.05, 4.69) is 25.3 Å². The van der Waals surface area contributed by atoms with Crippen molar-refractivity contribution in [2.75, 3.05) is 5.73 Å². The summed E-state index contributed by atoms with van der Waals surface area (Å²) >= 11 is 8.66. The minimum Gasteiger partial charge on any atom is -0.398 e. The highest BCUT2D eigenvalue weighted by molar-refractivity contribution is 7.83. The molecule has 0 bridgehead atoms. The van der Waals surface area contributed by atoms with Crippen molar-refractivity contribution < 1.29 is 0 Å². The van der Waals surface area contributed by atoms with Crippen LogP contribution in [-0.4, -0.2) is 0 Å². The molecule has 0 atom stereocenters. The lowest BCUT2D eigenvalue weighted by Crippen LogP contribution is -1.88. The Hall–Kier alpha value is -0.800. The minimum atomic E-state index is 0.673. The Morgan fingerprint density at radius 1 is 1.00 bits per heavy atom. The molecule has 2 rings (SSSR count). The highest BCUT2D eigenvalue weighted by atomic mass is 32.1. The maximum absolute atomic E-state index is 5.76. The van der Waals surface area contributed by atoms with Gasteiger partial charge >= 0.3 is 0 Å². The molecule has 0 amide bonds. The fourth-order valence-corrected chi connectivity index (χ4v) is 1.86. The van der Waals surface area contributed by atoms with E-state index >= 15 is 0 Å². The van der Waals surface area contributed by atoms with Crippen molar-refractivity contribution in [2.24, 2.45) is 0 Å². The van der Waals surface area contributed by atoms with Crippen molar-refractivity contribution in [3.05, 3.63) is 30.3 Å². The molecule has 0 radical (unpaired) electrons. The van der Waals surface area contributed by atoms with Crippen molar-refractivity contribution in [3.8, 4) is 0 Å². The average Bonchev–Trinajstić information content (AvgIpc) is 2.15. The number of fused-ring (bicyclic) bond motifs is 1. The molecule has 13 heavy (non-hydrogen) atoms. The number of nitrogens with two attached hydrogens (primary N) is 1. The van der Waals surface area contributed by atoms with Gasteiger partial charge in [-0.05, 0) is 16.8 Å². The predicted octanol–water partition coefficient (Wildman–Crippen LogP) is 3.00. The fraction of sp³-hybridized carbons (Fsp3) is 0. The summed E-state index contributed by atoms with van der Waals surface area (Å²) in [5, 5.41) is 2.19. The largest absolute Gasteiger partial charge is 0.398 e. The lowest BCUT2D eigenvalue weighted by atomic mass is 10.1. The van der Waals surface area contributed by atoms with Crippen molar-refractivity contribution in [1.82, 2.24) is 0 Å². The van der Waals surface area contributed by atoms with Crippen LogP contribution in [0.5, 0.6) is 0 Å². The zero-order chi connectivity index (χ0) is 9.42. The van der Waals surface area contributed by atoms with Crippen molar-refractivity contribution in [3.63, 3.8) is 0 Å². The molecule has 0 heterocycles. The first-order chi connectivity index (χ1) is 6.20. The first-order valence-corrected chi connectivity index (χ1v) is 4.79. The molecule has 0 saturated heterocycles. The van der Waals surface area contributed by atoms with E-state index in [4.69, 9.17) is 5.73 Å². The zero-order valence-electron chi connectivity index (χ0n) is 6.86. The SMILES string of the molecule is Nc1cc2ccccc2c(S)c1S. The molecule has 0 saturated carbocycles. The highest BCUT2D eigenvalue weighted by Crippen LogP contribution is 2.32. The first-order valence-electron chi connectivity index (χ1n) is 3.89. The third-order valence-corrected chi connectivity index (χ3v) is 3.15. The monoisotopic (exact) mass is 207 g/mol. The molecule has 0 aromatic heterocycles. The van der Waals surface area contributed by atoms with Gasteiger partial charge in [0.1, 0.15) is 0 Å². The quantitative estimate of drug-likeness (QED) is 0.449. The van der Waals surface area contributed by atoms with Gasteiger partial charge in [-0.3, -0.25) is 0 Å². The van der Waals surface area contributed by atoms with Crippen LogP contribution in [-0.2, 0) is 0 Å². The number of anilines is 1. The van der Waals surface area contributed by atoms with Gasteiger partial charge in [0.25, 0.3) is 0 Å². The van der Waals surface area contributed by atoms with Gasteiger partial charge in [0, 0.05) is 15.5 Å². The van der Waals surface area contributed by atoms with E-state index in [-0.39, 0.29) is 0 Å². The second kappa shape index (κ2) is 3.16. The van der Waals surface area contributed by atoms with Gasteiger partial charge < -0.3 is 5.73 Å². The second-order valence-corrected chi connectivity index (χ2v) is 3.78. The molecule has 0 unspecified atom stereocenters. The van der Waals surface area contributed by atoms with E-state index in [0.29, 0.717) is 5.69 Å². The van der Waals surface area contributed by atoms with Gasteiger partial charge in [0.2, 0.25) is 0 Å². The molecule has 0 aliphatic rings. The van der Waals surface area contributed by atoms with E-state index < -0.39 is 0 Å². The molecule has 0 aliphatic heterocycles. The van der Waals surface area contributed by atoms with Crippen LogP contribution in [0.2, 0.25) is 0 Å². The smallest absolute Gasteiger partial charge is 0.0467 e. The molecule has 3 heteroatoms.